The van der Waals surface area contributed by atoms with Gasteiger partial charge >= 0.3 is 0 Å². The average molecular weight is 376 g/mol. The van der Waals surface area contributed by atoms with E-state index in [2.05, 4.69) is 5.10 Å². The van der Waals surface area contributed by atoms with Crippen LogP contribution in [0.1, 0.15) is 43.1 Å². The summed E-state index contributed by atoms with van der Waals surface area (Å²) in [5.74, 6) is -0.275. The third-order valence-electron chi connectivity index (χ3n) is 5.19. The normalized spacial score (nSPS) is 20.6. The second kappa shape index (κ2) is 9.12. The fourth-order valence-corrected chi connectivity index (χ4v) is 3.60. The molecule has 27 heavy (non-hydrogen) atoms. The summed E-state index contributed by atoms with van der Waals surface area (Å²) in [4.78, 5) is 41.1. The van der Waals surface area contributed by atoms with E-state index in [4.69, 9.17) is 4.74 Å². The first-order chi connectivity index (χ1) is 13.1. The predicted molar refractivity (Wildman–Crippen MR) is 99.4 cm³/mol. The summed E-state index contributed by atoms with van der Waals surface area (Å²) in [6.45, 7) is 5.95. The van der Waals surface area contributed by atoms with E-state index >= 15 is 0 Å². The fraction of sp³-hybridized carbons (Fsp3) is 0.684. The van der Waals surface area contributed by atoms with Gasteiger partial charge in [-0.3, -0.25) is 14.4 Å². The Bertz CT molecular complexity index is 727. The van der Waals surface area contributed by atoms with E-state index in [1.807, 2.05) is 11.8 Å². The summed E-state index contributed by atoms with van der Waals surface area (Å²) in [6, 6.07) is 2.89. The van der Waals surface area contributed by atoms with Crippen LogP contribution in [-0.2, 0) is 16.1 Å². The maximum Gasteiger partial charge on any atom is 0.274 e. The lowest BCUT2D eigenvalue weighted by atomic mass is 9.96. The lowest BCUT2D eigenvalue weighted by Crippen LogP contribution is -2.49. The summed E-state index contributed by atoms with van der Waals surface area (Å²) in [6.07, 6.45) is 3.37. The third-order valence-corrected chi connectivity index (χ3v) is 5.19. The first-order valence-electron chi connectivity index (χ1n) is 9.84. The maximum atomic E-state index is 12.9. The molecule has 0 N–H and O–H groups in total. The molecular formula is C19H28N4O4. The predicted octanol–water partition coefficient (Wildman–Crippen LogP) is 0.754. The monoisotopic (exact) mass is 376 g/mol. The summed E-state index contributed by atoms with van der Waals surface area (Å²) in [5, 5.41) is 4.25. The van der Waals surface area contributed by atoms with Gasteiger partial charge in [0.25, 0.3) is 11.5 Å². The number of unbranched alkanes of at least 4 members (excludes halogenated alkanes) is 1. The molecule has 1 aromatic rings. The molecule has 3 heterocycles. The highest BCUT2D eigenvalue weighted by molar-refractivity contribution is 5.92. The molecule has 8 heteroatoms. The van der Waals surface area contributed by atoms with E-state index < -0.39 is 0 Å². The van der Waals surface area contributed by atoms with Gasteiger partial charge in [-0.2, -0.15) is 5.10 Å². The molecular weight excluding hydrogens is 348 g/mol. The van der Waals surface area contributed by atoms with E-state index in [-0.39, 0.29) is 29.0 Å². The van der Waals surface area contributed by atoms with Crippen molar-refractivity contribution in [3.05, 3.63) is 28.2 Å². The molecule has 8 nitrogen and oxygen atoms in total. The molecule has 0 spiro atoms. The van der Waals surface area contributed by atoms with Gasteiger partial charge in [0, 0.05) is 38.8 Å². The van der Waals surface area contributed by atoms with Crippen molar-refractivity contribution in [2.45, 2.75) is 39.2 Å². The van der Waals surface area contributed by atoms with Crippen LogP contribution in [0.25, 0.3) is 0 Å². The molecule has 2 aliphatic rings. The van der Waals surface area contributed by atoms with E-state index in [1.165, 1.54) is 16.8 Å². The molecule has 1 aromatic heterocycles. The Labute approximate surface area is 159 Å². The van der Waals surface area contributed by atoms with E-state index in [1.54, 1.807) is 4.90 Å². The smallest absolute Gasteiger partial charge is 0.274 e. The molecule has 2 saturated heterocycles. The fourth-order valence-electron chi connectivity index (χ4n) is 3.60. The van der Waals surface area contributed by atoms with Crippen molar-refractivity contribution in [3.8, 4) is 0 Å². The number of aromatic nitrogens is 2. The molecule has 2 amide bonds. The summed E-state index contributed by atoms with van der Waals surface area (Å²) >= 11 is 0. The molecule has 2 fully saturated rings. The van der Waals surface area contributed by atoms with Crippen LogP contribution in [0.5, 0.6) is 0 Å². The van der Waals surface area contributed by atoms with E-state index in [9.17, 15) is 14.4 Å². The number of piperidine rings is 1. The van der Waals surface area contributed by atoms with Crippen LogP contribution in [0, 0.1) is 5.92 Å². The Morgan fingerprint density at radius 3 is 2.70 bits per heavy atom. The Kier molecular flexibility index (Phi) is 6.60. The molecule has 148 valence electrons. The topological polar surface area (TPSA) is 84.7 Å². The molecule has 0 radical (unpaired) electrons. The zero-order valence-corrected chi connectivity index (χ0v) is 15.9. The Balaban J connectivity index is 1.67. The first kappa shape index (κ1) is 19.5. The molecule has 1 unspecified atom stereocenters. The quantitative estimate of drug-likeness (QED) is 0.757. The van der Waals surface area contributed by atoms with E-state index in [0.717, 1.165) is 25.7 Å². The van der Waals surface area contributed by atoms with Gasteiger partial charge in [0.1, 0.15) is 5.69 Å². The van der Waals surface area contributed by atoms with Crippen LogP contribution in [0.2, 0.25) is 0 Å². The number of hydrogen-bond donors (Lipinski definition) is 0. The second-order valence-corrected chi connectivity index (χ2v) is 7.16. The van der Waals surface area contributed by atoms with Gasteiger partial charge < -0.3 is 14.5 Å². The van der Waals surface area contributed by atoms with Crippen LogP contribution in [0.3, 0.4) is 0 Å². The molecule has 0 aliphatic carbocycles. The minimum atomic E-state index is -0.209. The molecule has 3 rings (SSSR count). The molecule has 1 atom stereocenters. The van der Waals surface area contributed by atoms with Crippen LogP contribution in [0.15, 0.2) is 16.9 Å². The summed E-state index contributed by atoms with van der Waals surface area (Å²) in [5.41, 5.74) is 0.0733. The van der Waals surface area contributed by atoms with Crippen molar-refractivity contribution in [3.63, 3.8) is 0 Å². The Hall–Kier alpha value is -2.22. The number of morpholine rings is 1. The minimum Gasteiger partial charge on any atom is -0.378 e. The van der Waals surface area contributed by atoms with Gasteiger partial charge in [-0.25, -0.2) is 4.68 Å². The summed E-state index contributed by atoms with van der Waals surface area (Å²) < 4.78 is 6.67. The average Bonchev–Trinajstić information content (AvgIpc) is 2.73. The van der Waals surface area contributed by atoms with Crippen LogP contribution in [-0.4, -0.2) is 70.8 Å². The molecule has 2 aliphatic heterocycles. The van der Waals surface area contributed by atoms with Gasteiger partial charge in [-0.05, 0) is 25.3 Å². The third kappa shape index (κ3) is 4.74. The van der Waals surface area contributed by atoms with Gasteiger partial charge in [-0.15, -0.1) is 0 Å². The number of amides is 2. The van der Waals surface area contributed by atoms with Crippen molar-refractivity contribution in [2.75, 3.05) is 39.4 Å². The Morgan fingerprint density at radius 2 is 1.96 bits per heavy atom. The second-order valence-electron chi connectivity index (χ2n) is 7.16. The number of likely N-dealkylation sites (tertiary alicyclic amines) is 1. The SMILES string of the molecule is CCCCn1nc(C(=O)N2CCCC(C(=O)N3CCOCC3)C2)ccc1=O. The number of rotatable bonds is 5. The number of hydrogen-bond acceptors (Lipinski definition) is 5. The first-order valence-corrected chi connectivity index (χ1v) is 9.84. The largest absolute Gasteiger partial charge is 0.378 e. The molecule has 0 bridgehead atoms. The maximum absolute atomic E-state index is 12.9. The van der Waals surface area contributed by atoms with Gasteiger partial charge in [-0.1, -0.05) is 13.3 Å². The number of ether oxygens (including phenoxy) is 1. The van der Waals surface area contributed by atoms with E-state index in [0.29, 0.717) is 45.9 Å². The lowest BCUT2D eigenvalue weighted by molar-refractivity contribution is -0.141. The van der Waals surface area contributed by atoms with Gasteiger partial charge in [0.15, 0.2) is 0 Å². The lowest BCUT2D eigenvalue weighted by Gasteiger charge is -2.36. The number of aryl methyl sites for hydroxylation is 1. The minimum absolute atomic E-state index is 0.108. The standard InChI is InChI=1S/C19H28N4O4/c1-2-3-9-23-17(24)7-6-16(20-23)19(26)22-8-4-5-15(14-22)18(25)21-10-12-27-13-11-21/h6-7,15H,2-5,8-14H2,1H3. The number of nitrogens with zero attached hydrogens (tertiary/aromatic N) is 4. The molecule has 0 aromatic carbocycles. The zero-order chi connectivity index (χ0) is 19.2. The van der Waals surface area contributed by atoms with Gasteiger partial charge in [0.05, 0.1) is 19.1 Å². The van der Waals surface area contributed by atoms with Crippen LogP contribution in [0.4, 0.5) is 0 Å². The van der Waals surface area contributed by atoms with Crippen LogP contribution < -0.4 is 5.56 Å². The van der Waals surface area contributed by atoms with Gasteiger partial charge in [0.2, 0.25) is 5.91 Å². The van der Waals surface area contributed by atoms with Crippen molar-refractivity contribution >= 4 is 11.8 Å². The van der Waals surface area contributed by atoms with Crippen molar-refractivity contribution in [1.82, 2.24) is 19.6 Å². The molecule has 0 saturated carbocycles. The Morgan fingerprint density at radius 1 is 1.19 bits per heavy atom. The highest BCUT2D eigenvalue weighted by atomic mass is 16.5. The number of carbonyl (C=O) groups is 2. The number of carbonyl (C=O) groups excluding carboxylic acids is 2. The summed E-state index contributed by atoms with van der Waals surface area (Å²) in [7, 11) is 0. The highest BCUT2D eigenvalue weighted by Gasteiger charge is 2.32. The highest BCUT2D eigenvalue weighted by Crippen LogP contribution is 2.20. The zero-order valence-electron chi connectivity index (χ0n) is 15.9. The van der Waals surface area contributed by atoms with Crippen LogP contribution >= 0.6 is 0 Å². The van der Waals surface area contributed by atoms with Crippen molar-refractivity contribution < 1.29 is 14.3 Å². The van der Waals surface area contributed by atoms with Crippen molar-refractivity contribution in [1.29, 1.82) is 0 Å². The van der Waals surface area contributed by atoms with Crippen molar-refractivity contribution in [2.24, 2.45) is 5.92 Å².